The van der Waals surface area contributed by atoms with Gasteiger partial charge in [0.25, 0.3) is 5.56 Å². The molecule has 1 N–H and O–H groups in total. The lowest BCUT2D eigenvalue weighted by atomic mass is 10.3. The average Bonchev–Trinajstić information content (AvgIpc) is 2.77. The van der Waals surface area contributed by atoms with Crippen LogP contribution in [0.1, 0.15) is 4.88 Å². The smallest absolute Gasteiger partial charge is 0.250 e. The van der Waals surface area contributed by atoms with Gasteiger partial charge in [0.15, 0.2) is 0 Å². The molecule has 0 aliphatic carbocycles. The van der Waals surface area contributed by atoms with E-state index in [1.807, 2.05) is 12.3 Å². The van der Waals surface area contributed by atoms with Gasteiger partial charge in [0.2, 0.25) is 0 Å². The minimum Gasteiger partial charge on any atom is -0.315 e. The number of thiophene rings is 1. The van der Waals surface area contributed by atoms with Gasteiger partial charge in [-0.25, -0.2) is 0 Å². The van der Waals surface area contributed by atoms with Crippen LogP contribution >= 0.6 is 27.3 Å². The Hall–Kier alpha value is -0.910. The first-order chi connectivity index (χ1) is 8.75. The molecule has 0 bridgehead atoms. The molecule has 0 spiro atoms. The van der Waals surface area contributed by atoms with Gasteiger partial charge in [-0.3, -0.25) is 4.79 Å². The highest BCUT2D eigenvalue weighted by Gasteiger charge is 1.97. The van der Waals surface area contributed by atoms with E-state index in [4.69, 9.17) is 0 Å². The molecule has 2 aromatic heterocycles. The van der Waals surface area contributed by atoms with E-state index in [9.17, 15) is 4.79 Å². The highest BCUT2D eigenvalue weighted by Crippen LogP contribution is 2.21. The van der Waals surface area contributed by atoms with E-state index < -0.39 is 0 Å². The molecule has 2 rings (SSSR count). The first-order valence-electron chi connectivity index (χ1n) is 5.86. The van der Waals surface area contributed by atoms with E-state index in [2.05, 4.69) is 33.4 Å². The van der Waals surface area contributed by atoms with Crippen LogP contribution in [-0.4, -0.2) is 17.7 Å². The van der Waals surface area contributed by atoms with Crippen molar-refractivity contribution in [1.29, 1.82) is 0 Å². The summed E-state index contributed by atoms with van der Waals surface area (Å²) in [6.07, 6.45) is 2.85. The van der Waals surface area contributed by atoms with Crippen LogP contribution in [0.2, 0.25) is 0 Å². The third-order valence-corrected chi connectivity index (χ3v) is 4.29. The Morgan fingerprint density at radius 3 is 2.83 bits per heavy atom. The summed E-state index contributed by atoms with van der Waals surface area (Å²) in [4.78, 5) is 12.8. The lowest BCUT2D eigenvalue weighted by molar-refractivity contribution is 0.587. The molecule has 0 saturated heterocycles. The number of aromatic nitrogens is 1. The summed E-state index contributed by atoms with van der Waals surface area (Å²) in [6, 6.07) is 9.44. The van der Waals surface area contributed by atoms with Crippen LogP contribution in [0.3, 0.4) is 0 Å². The second kappa shape index (κ2) is 6.87. The van der Waals surface area contributed by atoms with Crippen molar-refractivity contribution in [2.45, 2.75) is 13.0 Å². The molecule has 0 unspecified atom stereocenters. The van der Waals surface area contributed by atoms with E-state index in [-0.39, 0.29) is 5.56 Å². The van der Waals surface area contributed by atoms with Crippen molar-refractivity contribution >= 4 is 27.3 Å². The molecule has 0 radical (unpaired) electrons. The van der Waals surface area contributed by atoms with Gasteiger partial charge < -0.3 is 9.88 Å². The Labute approximate surface area is 119 Å². The van der Waals surface area contributed by atoms with Gasteiger partial charge in [0.05, 0.1) is 3.79 Å². The standard InChI is InChI=1S/C13H15BrN2OS/c14-12-5-4-11(18-12)6-7-15-8-10-16-9-2-1-3-13(16)17/h1-5,9,15H,6-8,10H2. The van der Waals surface area contributed by atoms with Gasteiger partial charge in [0, 0.05) is 36.8 Å². The highest BCUT2D eigenvalue weighted by molar-refractivity contribution is 9.11. The van der Waals surface area contributed by atoms with Crippen molar-refractivity contribution in [2.24, 2.45) is 0 Å². The molecule has 5 heteroatoms. The van der Waals surface area contributed by atoms with Crippen LogP contribution in [-0.2, 0) is 13.0 Å². The molecule has 2 aromatic rings. The summed E-state index contributed by atoms with van der Waals surface area (Å²) in [6.45, 7) is 2.47. The fourth-order valence-electron chi connectivity index (χ4n) is 1.67. The third-order valence-electron chi connectivity index (χ3n) is 2.61. The van der Waals surface area contributed by atoms with Crippen molar-refractivity contribution in [3.63, 3.8) is 0 Å². The van der Waals surface area contributed by atoms with Gasteiger partial charge >= 0.3 is 0 Å². The quantitative estimate of drug-likeness (QED) is 0.827. The SMILES string of the molecule is O=c1ccccn1CCNCCc1ccc(Br)s1. The Morgan fingerprint density at radius 1 is 1.22 bits per heavy atom. The summed E-state index contributed by atoms with van der Waals surface area (Å²) >= 11 is 5.22. The summed E-state index contributed by atoms with van der Waals surface area (Å²) in [5, 5.41) is 3.35. The molecular weight excluding hydrogens is 312 g/mol. The number of nitrogens with zero attached hydrogens (tertiary/aromatic N) is 1. The van der Waals surface area contributed by atoms with Gasteiger partial charge in [-0.15, -0.1) is 11.3 Å². The van der Waals surface area contributed by atoms with E-state index in [0.29, 0.717) is 6.54 Å². The average molecular weight is 327 g/mol. The molecule has 0 fully saturated rings. The number of pyridine rings is 1. The molecule has 96 valence electrons. The molecule has 0 saturated carbocycles. The maximum Gasteiger partial charge on any atom is 0.250 e. The van der Waals surface area contributed by atoms with Gasteiger partial charge in [-0.2, -0.15) is 0 Å². The Morgan fingerprint density at radius 2 is 2.11 bits per heavy atom. The molecule has 18 heavy (non-hydrogen) atoms. The second-order valence-electron chi connectivity index (χ2n) is 3.94. The van der Waals surface area contributed by atoms with E-state index >= 15 is 0 Å². The number of rotatable bonds is 6. The monoisotopic (exact) mass is 326 g/mol. The van der Waals surface area contributed by atoms with Crippen molar-refractivity contribution in [3.8, 4) is 0 Å². The highest BCUT2D eigenvalue weighted by atomic mass is 79.9. The molecule has 0 aromatic carbocycles. The lowest BCUT2D eigenvalue weighted by Gasteiger charge is -2.06. The Bertz CT molecular complexity index is 550. The van der Waals surface area contributed by atoms with Crippen LogP contribution in [0.15, 0.2) is 45.1 Å². The van der Waals surface area contributed by atoms with Gasteiger partial charge in [0.1, 0.15) is 0 Å². The minimum absolute atomic E-state index is 0.0569. The maximum absolute atomic E-state index is 11.4. The van der Waals surface area contributed by atoms with Crippen LogP contribution in [0.4, 0.5) is 0 Å². The summed E-state index contributed by atoms with van der Waals surface area (Å²) in [7, 11) is 0. The molecule has 0 atom stereocenters. The van der Waals surface area contributed by atoms with Gasteiger partial charge in [-0.1, -0.05) is 6.07 Å². The lowest BCUT2D eigenvalue weighted by Crippen LogP contribution is -2.27. The molecule has 2 heterocycles. The largest absolute Gasteiger partial charge is 0.315 e. The van der Waals surface area contributed by atoms with Crippen molar-refractivity contribution in [1.82, 2.24) is 9.88 Å². The zero-order chi connectivity index (χ0) is 12.8. The number of halogens is 1. The molecule has 3 nitrogen and oxygen atoms in total. The van der Waals surface area contributed by atoms with E-state index in [1.165, 1.54) is 8.66 Å². The predicted molar refractivity (Wildman–Crippen MR) is 79.3 cm³/mol. The topological polar surface area (TPSA) is 34.0 Å². The minimum atomic E-state index is 0.0569. The third kappa shape index (κ3) is 4.08. The maximum atomic E-state index is 11.4. The summed E-state index contributed by atoms with van der Waals surface area (Å²) in [5.41, 5.74) is 0.0569. The van der Waals surface area contributed by atoms with Crippen LogP contribution in [0.5, 0.6) is 0 Å². The van der Waals surface area contributed by atoms with Crippen molar-refractivity contribution < 1.29 is 0 Å². The fourth-order valence-corrected chi connectivity index (χ4v) is 3.15. The summed E-state index contributed by atoms with van der Waals surface area (Å²) < 4.78 is 2.89. The van der Waals surface area contributed by atoms with E-state index in [0.717, 1.165) is 19.5 Å². The fraction of sp³-hybridized carbons (Fsp3) is 0.308. The number of nitrogens with one attached hydrogen (secondary N) is 1. The molecule has 0 aliphatic heterocycles. The molecular formula is C13H15BrN2OS. The zero-order valence-corrected chi connectivity index (χ0v) is 12.3. The van der Waals surface area contributed by atoms with E-state index in [1.54, 1.807) is 28.0 Å². The zero-order valence-electron chi connectivity index (χ0n) is 9.93. The van der Waals surface area contributed by atoms with Crippen LogP contribution in [0, 0.1) is 0 Å². The van der Waals surface area contributed by atoms with Crippen molar-refractivity contribution in [2.75, 3.05) is 13.1 Å². The molecule has 0 aliphatic rings. The normalized spacial score (nSPS) is 10.7. The Balaban J connectivity index is 1.68. The number of hydrogen-bond donors (Lipinski definition) is 1. The first-order valence-corrected chi connectivity index (χ1v) is 7.47. The predicted octanol–water partition coefficient (Wildman–Crippen LogP) is 2.50. The summed E-state index contributed by atoms with van der Waals surface area (Å²) in [5.74, 6) is 0. The van der Waals surface area contributed by atoms with Crippen LogP contribution < -0.4 is 10.9 Å². The van der Waals surface area contributed by atoms with Crippen molar-refractivity contribution in [3.05, 3.63) is 55.5 Å². The second-order valence-corrected chi connectivity index (χ2v) is 6.49. The first kappa shape index (κ1) is 13.5. The molecule has 0 amide bonds. The van der Waals surface area contributed by atoms with Crippen LogP contribution in [0.25, 0.3) is 0 Å². The Kier molecular flexibility index (Phi) is 5.16. The number of hydrogen-bond acceptors (Lipinski definition) is 3. The van der Waals surface area contributed by atoms with Gasteiger partial charge in [-0.05, 0) is 40.5 Å².